The first-order chi connectivity index (χ1) is 12.1. The van der Waals surface area contributed by atoms with E-state index in [1.165, 1.54) is 0 Å². The van der Waals surface area contributed by atoms with Crippen molar-refractivity contribution in [3.8, 4) is 5.88 Å². The lowest BCUT2D eigenvalue weighted by molar-refractivity contribution is -0.122. The number of rotatable bonds is 5. The molecule has 1 fully saturated rings. The number of hydrogen-bond acceptors (Lipinski definition) is 5. The van der Waals surface area contributed by atoms with Crippen molar-refractivity contribution in [2.75, 3.05) is 20.3 Å². The maximum atomic E-state index is 11.0. The number of nitrogens with zero attached hydrogens (tertiary/aromatic N) is 1. The lowest BCUT2D eigenvalue weighted by atomic mass is 9.92. The second-order valence-corrected chi connectivity index (χ2v) is 8.06. The van der Waals surface area contributed by atoms with Crippen molar-refractivity contribution < 1.29 is 19.1 Å². The van der Waals surface area contributed by atoms with E-state index < -0.39 is 5.91 Å². The number of carbonyl (C=O) groups excluding carboxylic acids is 2. The molecule has 2 amide bonds. The molecule has 1 aliphatic rings. The molecule has 0 radical (unpaired) electrons. The van der Waals surface area contributed by atoms with E-state index in [2.05, 4.69) is 26.2 Å². The van der Waals surface area contributed by atoms with Crippen LogP contribution in [0.4, 0.5) is 0 Å². The summed E-state index contributed by atoms with van der Waals surface area (Å²) in [5.41, 5.74) is 5.46. The first-order valence-corrected chi connectivity index (χ1v) is 9.33. The van der Waals surface area contributed by atoms with E-state index in [4.69, 9.17) is 15.2 Å². The second kappa shape index (κ2) is 10.5. The average Bonchev–Trinajstić information content (AvgIpc) is 3.06. The number of hydrogen-bond donors (Lipinski definition) is 2. The van der Waals surface area contributed by atoms with Gasteiger partial charge in [-0.15, -0.1) is 0 Å². The lowest BCUT2D eigenvalue weighted by Crippen LogP contribution is -2.23. The molecule has 0 spiro atoms. The first-order valence-electron chi connectivity index (χ1n) is 8.53. The van der Waals surface area contributed by atoms with E-state index in [-0.39, 0.29) is 23.1 Å². The van der Waals surface area contributed by atoms with Gasteiger partial charge in [0.1, 0.15) is 12.3 Å². The highest BCUT2D eigenvalue weighted by atomic mass is 79.9. The highest BCUT2D eigenvalue weighted by molar-refractivity contribution is 9.10. The van der Waals surface area contributed by atoms with Crippen LogP contribution in [0.3, 0.4) is 0 Å². The van der Waals surface area contributed by atoms with Gasteiger partial charge >= 0.3 is 0 Å². The molecule has 8 heteroatoms. The Morgan fingerprint density at radius 1 is 1.42 bits per heavy atom. The quantitative estimate of drug-likeness (QED) is 0.748. The maximum absolute atomic E-state index is 11.0. The number of halogens is 1. The summed E-state index contributed by atoms with van der Waals surface area (Å²) in [7, 11) is 1.66. The van der Waals surface area contributed by atoms with Crippen LogP contribution in [0.25, 0.3) is 0 Å². The van der Waals surface area contributed by atoms with Crippen LogP contribution in [0.15, 0.2) is 16.6 Å². The van der Waals surface area contributed by atoms with E-state index in [0.717, 1.165) is 19.4 Å². The molecule has 2 heterocycles. The fourth-order valence-electron chi connectivity index (χ4n) is 2.18. The second-order valence-electron chi connectivity index (χ2n) is 7.20. The van der Waals surface area contributed by atoms with Crippen LogP contribution in [-0.4, -0.2) is 43.2 Å². The zero-order valence-electron chi connectivity index (χ0n) is 15.8. The van der Waals surface area contributed by atoms with Gasteiger partial charge in [-0.1, -0.05) is 20.8 Å². The molecule has 26 heavy (non-hydrogen) atoms. The summed E-state index contributed by atoms with van der Waals surface area (Å²) < 4.78 is 11.6. The van der Waals surface area contributed by atoms with Gasteiger partial charge in [0.05, 0.1) is 10.6 Å². The van der Waals surface area contributed by atoms with Crippen LogP contribution >= 0.6 is 15.9 Å². The van der Waals surface area contributed by atoms with Crippen LogP contribution in [-0.2, 0) is 9.53 Å². The SMILES string of the molecule is CNC(=O)CC(C)(C)C.NC(=O)c1ccc(Br)c(OCC2CCCO2)n1. The standard InChI is InChI=1S/C11H13BrN2O3.C7H15NO/c12-8-3-4-9(10(13)15)14-11(8)17-6-7-2-1-5-16-7;1-7(2,3)5-6(9)8-4/h3-4,7H,1-2,5-6H2,(H2,13,15);5H2,1-4H3,(H,8,9). The third kappa shape index (κ3) is 8.62. The Balaban J connectivity index is 0.000000321. The van der Waals surface area contributed by atoms with Gasteiger partial charge < -0.3 is 20.5 Å². The number of primary amides is 1. The number of pyridine rings is 1. The van der Waals surface area contributed by atoms with Gasteiger partial charge in [-0.25, -0.2) is 4.98 Å². The van der Waals surface area contributed by atoms with Crippen molar-refractivity contribution in [1.82, 2.24) is 10.3 Å². The molecule has 0 aliphatic carbocycles. The van der Waals surface area contributed by atoms with Gasteiger partial charge in [0, 0.05) is 20.1 Å². The molecule has 1 aliphatic heterocycles. The third-order valence-corrected chi connectivity index (χ3v) is 4.07. The Hall–Kier alpha value is -1.67. The number of nitrogens with one attached hydrogen (secondary N) is 1. The van der Waals surface area contributed by atoms with Crippen LogP contribution < -0.4 is 15.8 Å². The Kier molecular flexibility index (Phi) is 9.01. The number of aromatic nitrogens is 1. The number of nitrogens with two attached hydrogens (primary N) is 1. The third-order valence-electron chi connectivity index (χ3n) is 3.47. The summed E-state index contributed by atoms with van der Waals surface area (Å²) in [5, 5.41) is 2.58. The molecule has 1 aromatic heterocycles. The largest absolute Gasteiger partial charge is 0.474 e. The lowest BCUT2D eigenvalue weighted by Gasteiger charge is -2.15. The Morgan fingerprint density at radius 3 is 2.58 bits per heavy atom. The molecule has 0 saturated carbocycles. The molecule has 1 saturated heterocycles. The summed E-state index contributed by atoms with van der Waals surface area (Å²) in [6.07, 6.45) is 2.77. The fraction of sp³-hybridized carbons (Fsp3) is 0.611. The van der Waals surface area contributed by atoms with Gasteiger partial charge in [-0.2, -0.15) is 0 Å². The zero-order chi connectivity index (χ0) is 19.7. The molecular formula is C18H28BrN3O4. The minimum atomic E-state index is -0.570. The predicted molar refractivity (Wildman–Crippen MR) is 103 cm³/mol. The van der Waals surface area contributed by atoms with Gasteiger partial charge in [0.2, 0.25) is 11.8 Å². The Morgan fingerprint density at radius 2 is 2.12 bits per heavy atom. The van der Waals surface area contributed by atoms with E-state index in [1.54, 1.807) is 19.2 Å². The van der Waals surface area contributed by atoms with Crippen molar-refractivity contribution >= 4 is 27.7 Å². The topological polar surface area (TPSA) is 104 Å². The smallest absolute Gasteiger partial charge is 0.267 e. The van der Waals surface area contributed by atoms with E-state index in [9.17, 15) is 9.59 Å². The highest BCUT2D eigenvalue weighted by Gasteiger charge is 2.17. The molecular weight excluding hydrogens is 402 g/mol. The maximum Gasteiger partial charge on any atom is 0.267 e. The Bertz CT molecular complexity index is 611. The summed E-state index contributed by atoms with van der Waals surface area (Å²) in [5.74, 6) is -0.0845. The van der Waals surface area contributed by atoms with Crippen molar-refractivity contribution in [2.45, 2.75) is 46.1 Å². The van der Waals surface area contributed by atoms with Crippen LogP contribution in [0.5, 0.6) is 5.88 Å². The van der Waals surface area contributed by atoms with Crippen molar-refractivity contribution in [3.63, 3.8) is 0 Å². The molecule has 1 unspecified atom stereocenters. The average molecular weight is 430 g/mol. The van der Waals surface area contributed by atoms with Gasteiger partial charge in [-0.05, 0) is 46.3 Å². The number of ether oxygens (including phenoxy) is 2. The predicted octanol–water partition coefficient (Wildman–Crippen LogP) is 2.67. The van der Waals surface area contributed by atoms with E-state index in [1.807, 2.05) is 20.8 Å². The molecule has 3 N–H and O–H groups in total. The summed E-state index contributed by atoms with van der Waals surface area (Å²) in [6, 6.07) is 3.24. The highest BCUT2D eigenvalue weighted by Crippen LogP contribution is 2.23. The molecule has 0 aromatic carbocycles. The first kappa shape index (κ1) is 22.4. The summed E-state index contributed by atoms with van der Waals surface area (Å²) >= 11 is 3.31. The Labute approximate surface area is 163 Å². The van der Waals surface area contributed by atoms with Gasteiger partial charge in [0.25, 0.3) is 5.91 Å². The van der Waals surface area contributed by atoms with Crippen molar-refractivity contribution in [2.24, 2.45) is 11.1 Å². The summed E-state index contributed by atoms with van der Waals surface area (Å²) in [6.45, 7) is 7.35. The van der Waals surface area contributed by atoms with E-state index >= 15 is 0 Å². The molecule has 2 rings (SSSR count). The molecule has 7 nitrogen and oxygen atoms in total. The molecule has 1 aromatic rings. The van der Waals surface area contributed by atoms with Crippen molar-refractivity contribution in [1.29, 1.82) is 0 Å². The molecule has 146 valence electrons. The van der Waals surface area contributed by atoms with Crippen molar-refractivity contribution in [3.05, 3.63) is 22.3 Å². The number of carbonyl (C=O) groups is 2. The monoisotopic (exact) mass is 429 g/mol. The molecule has 0 bridgehead atoms. The minimum absolute atomic E-state index is 0.111. The minimum Gasteiger partial charge on any atom is -0.474 e. The normalized spacial score (nSPS) is 16.4. The fourth-order valence-corrected chi connectivity index (χ4v) is 2.51. The molecule has 1 atom stereocenters. The van der Waals surface area contributed by atoms with E-state index in [0.29, 0.717) is 23.4 Å². The zero-order valence-corrected chi connectivity index (χ0v) is 17.4. The summed E-state index contributed by atoms with van der Waals surface area (Å²) in [4.78, 5) is 25.7. The number of amides is 2. The van der Waals surface area contributed by atoms with Crippen LogP contribution in [0.1, 0.15) is 50.5 Å². The van der Waals surface area contributed by atoms with Gasteiger partial charge in [-0.3, -0.25) is 9.59 Å². The van der Waals surface area contributed by atoms with Gasteiger partial charge in [0.15, 0.2) is 0 Å². The van der Waals surface area contributed by atoms with Crippen LogP contribution in [0, 0.1) is 5.41 Å². The van der Waals surface area contributed by atoms with Crippen LogP contribution in [0.2, 0.25) is 0 Å².